The molecule has 0 saturated carbocycles. The van der Waals surface area contributed by atoms with Gasteiger partial charge in [0.15, 0.2) is 5.65 Å². The fourth-order valence-corrected chi connectivity index (χ4v) is 2.01. The third kappa shape index (κ3) is 2.08. The number of hydrogen-bond acceptors (Lipinski definition) is 5. The predicted octanol–water partition coefficient (Wildman–Crippen LogP) is 2.40. The quantitative estimate of drug-likeness (QED) is 0.804. The molecule has 1 N–H and O–H groups in total. The zero-order valence-corrected chi connectivity index (χ0v) is 11.2. The number of aryl methyl sites for hydroxylation is 1. The van der Waals surface area contributed by atoms with Gasteiger partial charge >= 0.3 is 0 Å². The highest BCUT2D eigenvalue weighted by Crippen LogP contribution is 2.17. The second-order valence-corrected chi connectivity index (χ2v) is 4.63. The number of nitrogens with zero attached hydrogens (tertiary/aromatic N) is 4. The van der Waals surface area contributed by atoms with E-state index in [1.807, 2.05) is 25.3 Å². The molecule has 6 nitrogen and oxygen atoms in total. The summed E-state index contributed by atoms with van der Waals surface area (Å²) in [7, 11) is 0. The van der Waals surface area contributed by atoms with Crippen molar-refractivity contribution in [2.24, 2.45) is 0 Å². The summed E-state index contributed by atoms with van der Waals surface area (Å²) in [6.07, 6.45) is 3.53. The fourth-order valence-electron chi connectivity index (χ4n) is 1.59. The molecular weight excluding hydrogens is 298 g/mol. The van der Waals surface area contributed by atoms with Gasteiger partial charge in [-0.2, -0.15) is 4.98 Å². The minimum Gasteiger partial charge on any atom is -0.444 e. The van der Waals surface area contributed by atoms with Crippen LogP contribution in [0, 0.1) is 6.92 Å². The molecule has 0 aliphatic heterocycles. The molecule has 0 aliphatic carbocycles. The number of nitrogens with one attached hydrogen (secondary N) is 1. The molecule has 3 heterocycles. The van der Waals surface area contributed by atoms with Gasteiger partial charge in [-0.25, -0.2) is 9.50 Å². The summed E-state index contributed by atoms with van der Waals surface area (Å²) in [5.74, 6) is 1.95. The average molecular weight is 308 g/mol. The van der Waals surface area contributed by atoms with Crippen LogP contribution in [0.3, 0.4) is 0 Å². The van der Waals surface area contributed by atoms with E-state index in [-0.39, 0.29) is 0 Å². The van der Waals surface area contributed by atoms with Crippen molar-refractivity contribution in [2.45, 2.75) is 13.5 Å². The lowest BCUT2D eigenvalue weighted by Gasteiger charge is -1.95. The van der Waals surface area contributed by atoms with Crippen LogP contribution in [0.4, 0.5) is 5.95 Å². The average Bonchev–Trinajstić information content (AvgIpc) is 2.93. The van der Waals surface area contributed by atoms with Gasteiger partial charge in [0.25, 0.3) is 0 Å². The van der Waals surface area contributed by atoms with Gasteiger partial charge in [0, 0.05) is 6.20 Å². The Bertz CT molecular complexity index is 690. The SMILES string of the molecule is Cc1cnc(CNc2nc3c(Br)cccn3n2)o1. The van der Waals surface area contributed by atoms with E-state index in [1.54, 1.807) is 10.7 Å². The van der Waals surface area contributed by atoms with Crippen LogP contribution in [-0.4, -0.2) is 19.6 Å². The van der Waals surface area contributed by atoms with Gasteiger partial charge in [0.1, 0.15) is 5.76 Å². The van der Waals surface area contributed by atoms with E-state index in [0.717, 1.165) is 15.9 Å². The van der Waals surface area contributed by atoms with Crippen molar-refractivity contribution in [1.29, 1.82) is 0 Å². The fraction of sp³-hybridized carbons (Fsp3) is 0.182. The van der Waals surface area contributed by atoms with Crippen molar-refractivity contribution in [3.05, 3.63) is 40.7 Å². The van der Waals surface area contributed by atoms with Crippen molar-refractivity contribution in [3.8, 4) is 0 Å². The van der Waals surface area contributed by atoms with E-state index < -0.39 is 0 Å². The topological polar surface area (TPSA) is 68.2 Å². The Morgan fingerprint density at radius 3 is 3.11 bits per heavy atom. The van der Waals surface area contributed by atoms with E-state index in [2.05, 4.69) is 36.3 Å². The van der Waals surface area contributed by atoms with Gasteiger partial charge in [-0.15, -0.1) is 5.10 Å². The van der Waals surface area contributed by atoms with Gasteiger partial charge in [0.2, 0.25) is 11.8 Å². The van der Waals surface area contributed by atoms with Crippen LogP contribution in [0.2, 0.25) is 0 Å². The Kier molecular flexibility index (Phi) is 2.75. The lowest BCUT2D eigenvalue weighted by Crippen LogP contribution is -2.01. The molecule has 0 fully saturated rings. The molecule has 0 atom stereocenters. The minimum atomic E-state index is 0.461. The van der Waals surface area contributed by atoms with E-state index >= 15 is 0 Å². The zero-order valence-electron chi connectivity index (χ0n) is 9.59. The Labute approximate surface area is 111 Å². The van der Waals surface area contributed by atoms with Crippen LogP contribution in [-0.2, 0) is 6.54 Å². The highest BCUT2D eigenvalue weighted by atomic mass is 79.9. The smallest absolute Gasteiger partial charge is 0.243 e. The molecule has 3 aromatic heterocycles. The van der Waals surface area contributed by atoms with Gasteiger partial charge in [-0.1, -0.05) is 0 Å². The van der Waals surface area contributed by atoms with Gasteiger partial charge in [-0.05, 0) is 35.0 Å². The summed E-state index contributed by atoms with van der Waals surface area (Å²) >= 11 is 3.43. The molecule has 3 aromatic rings. The summed E-state index contributed by atoms with van der Waals surface area (Å²) in [5.41, 5.74) is 0.767. The largest absolute Gasteiger partial charge is 0.444 e. The number of aromatic nitrogens is 4. The van der Waals surface area contributed by atoms with E-state index in [1.165, 1.54) is 0 Å². The molecule has 7 heteroatoms. The summed E-state index contributed by atoms with van der Waals surface area (Å²) in [6, 6.07) is 3.82. The first kappa shape index (κ1) is 11.2. The molecule has 0 aliphatic rings. The van der Waals surface area contributed by atoms with Crippen molar-refractivity contribution < 1.29 is 4.42 Å². The van der Waals surface area contributed by atoms with Crippen molar-refractivity contribution in [2.75, 3.05) is 5.32 Å². The number of pyridine rings is 1. The maximum Gasteiger partial charge on any atom is 0.243 e. The standard InChI is InChI=1S/C11H10BrN5O/c1-7-5-13-9(18-7)6-14-11-15-10-8(12)3-2-4-17(10)16-11/h2-5H,6H2,1H3,(H,14,16). The summed E-state index contributed by atoms with van der Waals surface area (Å²) in [4.78, 5) is 8.46. The molecule has 3 rings (SSSR count). The first-order valence-corrected chi connectivity index (χ1v) is 6.18. The normalized spacial score (nSPS) is 11.0. The van der Waals surface area contributed by atoms with Crippen LogP contribution in [0.15, 0.2) is 33.4 Å². The van der Waals surface area contributed by atoms with E-state index in [0.29, 0.717) is 18.4 Å². The third-order valence-electron chi connectivity index (χ3n) is 2.38. The van der Waals surface area contributed by atoms with Crippen LogP contribution in [0.1, 0.15) is 11.7 Å². The highest BCUT2D eigenvalue weighted by molar-refractivity contribution is 9.10. The van der Waals surface area contributed by atoms with E-state index in [4.69, 9.17) is 4.42 Å². The lowest BCUT2D eigenvalue weighted by atomic mass is 10.5. The van der Waals surface area contributed by atoms with Gasteiger partial charge < -0.3 is 9.73 Å². The Morgan fingerprint density at radius 1 is 1.50 bits per heavy atom. The maximum atomic E-state index is 5.36. The van der Waals surface area contributed by atoms with Crippen LogP contribution in [0.25, 0.3) is 5.65 Å². The molecule has 0 aromatic carbocycles. The van der Waals surface area contributed by atoms with Crippen LogP contribution < -0.4 is 5.32 Å². The van der Waals surface area contributed by atoms with Crippen LogP contribution in [0.5, 0.6) is 0 Å². The van der Waals surface area contributed by atoms with Crippen LogP contribution >= 0.6 is 15.9 Å². The third-order valence-corrected chi connectivity index (χ3v) is 3.00. The highest BCUT2D eigenvalue weighted by Gasteiger charge is 2.07. The molecule has 0 amide bonds. The number of oxazole rings is 1. The lowest BCUT2D eigenvalue weighted by molar-refractivity contribution is 0.478. The summed E-state index contributed by atoms with van der Waals surface area (Å²) in [5, 5.41) is 7.36. The molecule has 0 radical (unpaired) electrons. The van der Waals surface area contributed by atoms with Gasteiger partial charge in [0.05, 0.1) is 17.2 Å². The summed E-state index contributed by atoms with van der Waals surface area (Å²) in [6.45, 7) is 2.32. The molecule has 0 unspecified atom stereocenters. The number of fused-ring (bicyclic) bond motifs is 1. The number of halogens is 1. The number of hydrogen-bond donors (Lipinski definition) is 1. The molecular formula is C11H10BrN5O. The second-order valence-electron chi connectivity index (χ2n) is 3.78. The Balaban J connectivity index is 1.81. The Hall–Kier alpha value is -1.89. The summed E-state index contributed by atoms with van der Waals surface area (Å²) < 4.78 is 7.96. The number of anilines is 1. The molecule has 0 bridgehead atoms. The molecule has 0 spiro atoms. The van der Waals surface area contributed by atoms with Gasteiger partial charge in [-0.3, -0.25) is 0 Å². The maximum absolute atomic E-state index is 5.36. The second kappa shape index (κ2) is 4.41. The first-order chi connectivity index (χ1) is 8.72. The molecule has 0 saturated heterocycles. The van der Waals surface area contributed by atoms with E-state index in [9.17, 15) is 0 Å². The first-order valence-electron chi connectivity index (χ1n) is 5.38. The molecule has 92 valence electrons. The minimum absolute atomic E-state index is 0.461. The monoisotopic (exact) mass is 307 g/mol. The number of rotatable bonds is 3. The molecule has 18 heavy (non-hydrogen) atoms. The zero-order chi connectivity index (χ0) is 12.5. The van der Waals surface area contributed by atoms with Crippen molar-refractivity contribution in [3.63, 3.8) is 0 Å². The Morgan fingerprint density at radius 2 is 2.39 bits per heavy atom. The van der Waals surface area contributed by atoms with Crippen molar-refractivity contribution in [1.82, 2.24) is 19.6 Å². The van der Waals surface area contributed by atoms with Crippen molar-refractivity contribution >= 4 is 27.5 Å². The predicted molar refractivity (Wildman–Crippen MR) is 69.3 cm³/mol.